The number of benzene rings is 1. The van der Waals surface area contributed by atoms with Crippen LogP contribution in [0, 0.1) is 0 Å². The van der Waals surface area contributed by atoms with Gasteiger partial charge in [0.15, 0.2) is 0 Å². The van der Waals surface area contributed by atoms with Gasteiger partial charge in [-0.3, -0.25) is 15.0 Å². The highest BCUT2D eigenvalue weighted by Gasteiger charge is 2.01. The van der Waals surface area contributed by atoms with E-state index in [4.69, 9.17) is 27.9 Å². The van der Waals surface area contributed by atoms with Crippen molar-refractivity contribution in [2.45, 2.75) is 6.61 Å². The number of hydrogen-bond acceptors (Lipinski definition) is 2. The van der Waals surface area contributed by atoms with Crippen molar-refractivity contribution < 1.29 is 4.74 Å². The lowest BCUT2D eigenvalue weighted by atomic mass is 10.3. The standard InChI is InChI=1S/C10H8Cl2N2O2/c11-6-1-7(12)3-9(2-6)16-5-8-4-10(15)14-13-8/h1-4H,5H2,(H2,13,14,15). The first-order chi connectivity index (χ1) is 7.63. The van der Waals surface area contributed by atoms with Crippen molar-refractivity contribution in [3.63, 3.8) is 0 Å². The lowest BCUT2D eigenvalue weighted by Crippen LogP contribution is -1.96. The Morgan fingerprint density at radius 1 is 1.06 bits per heavy atom. The van der Waals surface area contributed by atoms with Crippen LogP contribution in [-0.4, -0.2) is 10.2 Å². The Balaban J connectivity index is 2.07. The smallest absolute Gasteiger partial charge is 0.264 e. The Morgan fingerprint density at radius 3 is 2.31 bits per heavy atom. The third kappa shape index (κ3) is 2.81. The van der Waals surface area contributed by atoms with Gasteiger partial charge >= 0.3 is 0 Å². The van der Waals surface area contributed by atoms with E-state index < -0.39 is 0 Å². The van der Waals surface area contributed by atoms with Crippen molar-refractivity contribution in [1.82, 2.24) is 10.2 Å². The summed E-state index contributed by atoms with van der Waals surface area (Å²) in [6.07, 6.45) is 0. The van der Waals surface area contributed by atoms with Crippen LogP contribution in [0.1, 0.15) is 5.69 Å². The molecule has 1 heterocycles. The lowest BCUT2D eigenvalue weighted by molar-refractivity contribution is 0.301. The van der Waals surface area contributed by atoms with Gasteiger partial charge in [-0.05, 0) is 18.2 Å². The molecule has 0 aliphatic rings. The quantitative estimate of drug-likeness (QED) is 0.889. The number of hydrogen-bond donors (Lipinski definition) is 2. The summed E-state index contributed by atoms with van der Waals surface area (Å²) >= 11 is 11.6. The molecule has 0 amide bonds. The van der Waals surface area contributed by atoms with Crippen LogP contribution in [0.15, 0.2) is 29.1 Å². The number of rotatable bonds is 3. The molecule has 0 unspecified atom stereocenters. The maximum Gasteiger partial charge on any atom is 0.264 e. The average Bonchev–Trinajstić information content (AvgIpc) is 2.60. The van der Waals surface area contributed by atoms with Crippen molar-refractivity contribution in [2.24, 2.45) is 0 Å². The summed E-state index contributed by atoms with van der Waals surface area (Å²) in [6.45, 7) is 0.245. The average molecular weight is 259 g/mol. The summed E-state index contributed by atoms with van der Waals surface area (Å²) in [5.41, 5.74) is 0.462. The van der Waals surface area contributed by atoms with Crippen molar-refractivity contribution >= 4 is 23.2 Å². The molecule has 4 nitrogen and oxygen atoms in total. The van der Waals surface area contributed by atoms with E-state index in [2.05, 4.69) is 10.2 Å². The molecule has 0 radical (unpaired) electrons. The molecule has 16 heavy (non-hydrogen) atoms. The molecule has 2 aromatic rings. The van der Waals surface area contributed by atoms with Gasteiger partial charge in [0.05, 0.1) is 5.69 Å². The highest BCUT2D eigenvalue weighted by atomic mass is 35.5. The van der Waals surface area contributed by atoms with Crippen LogP contribution in [0.5, 0.6) is 5.75 Å². The number of aromatic amines is 2. The van der Waals surface area contributed by atoms with Gasteiger partial charge in [-0.15, -0.1) is 0 Å². The third-order valence-corrected chi connectivity index (χ3v) is 2.32. The van der Waals surface area contributed by atoms with Crippen molar-refractivity contribution in [3.8, 4) is 5.75 Å². The molecule has 0 fully saturated rings. The van der Waals surface area contributed by atoms with E-state index >= 15 is 0 Å². The van der Waals surface area contributed by atoms with Crippen LogP contribution in [-0.2, 0) is 6.61 Å². The highest BCUT2D eigenvalue weighted by Crippen LogP contribution is 2.24. The van der Waals surface area contributed by atoms with Gasteiger partial charge in [0, 0.05) is 16.1 Å². The van der Waals surface area contributed by atoms with Gasteiger partial charge in [-0.2, -0.15) is 0 Å². The lowest BCUT2D eigenvalue weighted by Gasteiger charge is -2.05. The highest BCUT2D eigenvalue weighted by molar-refractivity contribution is 6.34. The summed E-state index contributed by atoms with van der Waals surface area (Å²) in [5.74, 6) is 0.555. The Morgan fingerprint density at radius 2 is 1.75 bits per heavy atom. The molecule has 0 spiro atoms. The topological polar surface area (TPSA) is 57.9 Å². The van der Waals surface area contributed by atoms with E-state index in [9.17, 15) is 4.79 Å². The summed E-state index contributed by atoms with van der Waals surface area (Å²) in [7, 11) is 0. The fourth-order valence-electron chi connectivity index (χ4n) is 1.22. The Kier molecular flexibility index (Phi) is 3.22. The predicted molar refractivity (Wildman–Crippen MR) is 62.2 cm³/mol. The summed E-state index contributed by atoms with van der Waals surface area (Å²) in [6, 6.07) is 6.34. The monoisotopic (exact) mass is 258 g/mol. The zero-order valence-corrected chi connectivity index (χ0v) is 9.60. The normalized spacial score (nSPS) is 10.4. The van der Waals surface area contributed by atoms with Crippen molar-refractivity contribution in [1.29, 1.82) is 0 Å². The van der Waals surface area contributed by atoms with Gasteiger partial charge in [0.1, 0.15) is 12.4 Å². The molecule has 2 N–H and O–H groups in total. The van der Waals surface area contributed by atoms with Crippen LogP contribution in [0.25, 0.3) is 0 Å². The van der Waals surface area contributed by atoms with Gasteiger partial charge in [0.2, 0.25) is 0 Å². The van der Waals surface area contributed by atoms with Gasteiger partial charge in [-0.1, -0.05) is 23.2 Å². The van der Waals surface area contributed by atoms with E-state index in [1.54, 1.807) is 18.2 Å². The number of ether oxygens (including phenoxy) is 1. The van der Waals surface area contributed by atoms with Crippen LogP contribution in [0.4, 0.5) is 0 Å². The second-order valence-corrected chi connectivity index (χ2v) is 4.05. The largest absolute Gasteiger partial charge is 0.487 e. The van der Waals surface area contributed by atoms with Gasteiger partial charge in [-0.25, -0.2) is 0 Å². The predicted octanol–water partition coefficient (Wildman–Crippen LogP) is 2.59. The second-order valence-electron chi connectivity index (χ2n) is 3.18. The minimum atomic E-state index is -0.192. The molecule has 0 aliphatic heterocycles. The minimum Gasteiger partial charge on any atom is -0.487 e. The molecule has 84 valence electrons. The van der Waals surface area contributed by atoms with E-state index in [1.165, 1.54) is 6.07 Å². The summed E-state index contributed by atoms with van der Waals surface area (Å²) in [4.78, 5) is 10.8. The zero-order valence-electron chi connectivity index (χ0n) is 8.09. The van der Waals surface area contributed by atoms with E-state index in [0.717, 1.165) is 0 Å². The second kappa shape index (κ2) is 4.63. The van der Waals surface area contributed by atoms with Crippen molar-refractivity contribution in [2.75, 3.05) is 0 Å². The molecule has 0 saturated carbocycles. The fraction of sp³-hybridized carbons (Fsp3) is 0.100. The Labute approximate surface area is 101 Å². The van der Waals surface area contributed by atoms with E-state index in [0.29, 0.717) is 21.5 Å². The molecule has 1 aromatic heterocycles. The Hall–Kier alpha value is -1.39. The van der Waals surface area contributed by atoms with Crippen LogP contribution in [0.3, 0.4) is 0 Å². The summed E-state index contributed by atoms with van der Waals surface area (Å²) in [5, 5.41) is 6.10. The molecule has 0 aliphatic carbocycles. The molecule has 0 bridgehead atoms. The first-order valence-electron chi connectivity index (χ1n) is 4.49. The zero-order chi connectivity index (χ0) is 11.5. The molecule has 0 saturated heterocycles. The first kappa shape index (κ1) is 11.1. The minimum absolute atomic E-state index is 0.192. The molecular weight excluding hydrogens is 251 g/mol. The van der Waals surface area contributed by atoms with E-state index in [-0.39, 0.29) is 12.2 Å². The van der Waals surface area contributed by atoms with Crippen LogP contribution < -0.4 is 10.3 Å². The van der Waals surface area contributed by atoms with Crippen molar-refractivity contribution in [3.05, 3.63) is 50.4 Å². The van der Waals surface area contributed by atoms with Gasteiger partial charge < -0.3 is 4.74 Å². The molecule has 1 aromatic carbocycles. The Bertz CT molecular complexity index is 527. The molecule has 2 rings (SSSR count). The number of halogens is 2. The first-order valence-corrected chi connectivity index (χ1v) is 5.24. The SMILES string of the molecule is O=c1cc(COc2cc(Cl)cc(Cl)c2)[nH][nH]1. The van der Waals surface area contributed by atoms with Gasteiger partial charge in [0.25, 0.3) is 5.56 Å². The third-order valence-electron chi connectivity index (χ3n) is 1.88. The molecular formula is C10H8Cl2N2O2. The fourth-order valence-corrected chi connectivity index (χ4v) is 1.73. The number of aromatic nitrogens is 2. The maximum atomic E-state index is 10.8. The van der Waals surface area contributed by atoms with Crippen LogP contribution >= 0.6 is 23.2 Å². The molecule has 6 heteroatoms. The molecule has 0 atom stereocenters. The van der Waals surface area contributed by atoms with Crippen LogP contribution in [0.2, 0.25) is 10.0 Å². The number of nitrogens with one attached hydrogen (secondary N) is 2. The summed E-state index contributed by atoms with van der Waals surface area (Å²) < 4.78 is 5.41. The maximum absolute atomic E-state index is 10.8. The number of H-pyrrole nitrogens is 2. The van der Waals surface area contributed by atoms with E-state index in [1.807, 2.05) is 0 Å².